The van der Waals surface area contributed by atoms with E-state index in [0.29, 0.717) is 0 Å². The lowest BCUT2D eigenvalue weighted by atomic mass is 10.0. The number of carboxylic acid groups (broad SMARTS) is 1. The van der Waals surface area contributed by atoms with Gasteiger partial charge in [-0.25, -0.2) is 4.79 Å². The van der Waals surface area contributed by atoms with Gasteiger partial charge in [-0.05, 0) is 17.7 Å². The Morgan fingerprint density at radius 1 is 1.60 bits per heavy atom. The van der Waals surface area contributed by atoms with E-state index in [9.17, 15) is 9.18 Å². The van der Waals surface area contributed by atoms with Crippen LogP contribution in [0.4, 0.5) is 9.18 Å². The van der Waals surface area contributed by atoms with Crippen LogP contribution in [0.2, 0.25) is 0 Å². The molecule has 1 rings (SSSR count). The van der Waals surface area contributed by atoms with E-state index in [0.717, 1.165) is 10.0 Å². The molecule has 82 valence electrons. The van der Waals surface area contributed by atoms with Crippen molar-refractivity contribution >= 4 is 22.0 Å². The molecule has 1 unspecified atom stereocenters. The molecule has 1 atom stereocenters. The molecule has 0 aromatic heterocycles. The molecule has 3 nitrogen and oxygen atoms in total. The molecule has 5 heteroatoms. The van der Waals surface area contributed by atoms with E-state index in [-0.39, 0.29) is 6.42 Å². The largest absolute Gasteiger partial charge is 0.465 e. The highest BCUT2D eigenvalue weighted by Crippen LogP contribution is 2.20. The molecule has 15 heavy (non-hydrogen) atoms. The summed E-state index contributed by atoms with van der Waals surface area (Å²) in [6.07, 6.45) is -1.00. The number of rotatable bonds is 4. The molecular weight excluding hydrogens is 265 g/mol. The summed E-state index contributed by atoms with van der Waals surface area (Å²) in [6.45, 7) is -0.558. The number of alkyl halides is 1. The summed E-state index contributed by atoms with van der Waals surface area (Å²) in [6, 6.07) is 6.66. The predicted octanol–water partition coefficient (Wildman–Crippen LogP) is 3.12. The fraction of sp³-hybridized carbons (Fsp3) is 0.300. The molecule has 0 aliphatic rings. The first-order chi connectivity index (χ1) is 7.13. The topological polar surface area (TPSA) is 49.3 Å². The van der Waals surface area contributed by atoms with Crippen molar-refractivity contribution in [3.8, 4) is 0 Å². The standard InChI is InChI=1S/C10H11BrFNO2/c11-8-3-1-2-7(6-8)9(4-5-12)13-10(14)15/h1-3,6,9,13H,4-5H2,(H,14,15). The molecule has 1 amide bonds. The lowest BCUT2D eigenvalue weighted by Crippen LogP contribution is -2.27. The SMILES string of the molecule is O=C(O)NC(CCF)c1cccc(Br)c1. The molecule has 0 saturated carbocycles. The van der Waals surface area contributed by atoms with E-state index >= 15 is 0 Å². The van der Waals surface area contributed by atoms with E-state index in [4.69, 9.17) is 5.11 Å². The van der Waals surface area contributed by atoms with E-state index in [1.807, 2.05) is 6.07 Å². The van der Waals surface area contributed by atoms with Gasteiger partial charge in [-0.2, -0.15) is 0 Å². The third-order valence-electron chi connectivity index (χ3n) is 1.95. The normalized spacial score (nSPS) is 12.1. The van der Waals surface area contributed by atoms with Crippen molar-refractivity contribution in [3.05, 3.63) is 34.3 Å². The van der Waals surface area contributed by atoms with Crippen LogP contribution in [0, 0.1) is 0 Å². The molecule has 0 spiro atoms. The number of halogens is 2. The first-order valence-corrected chi connectivity index (χ1v) is 5.23. The predicted molar refractivity (Wildman–Crippen MR) is 58.6 cm³/mol. The summed E-state index contributed by atoms with van der Waals surface area (Å²) < 4.78 is 13.1. The van der Waals surface area contributed by atoms with Crippen LogP contribution in [0.5, 0.6) is 0 Å². The Hall–Kier alpha value is -1.10. The van der Waals surface area contributed by atoms with Gasteiger partial charge in [0.1, 0.15) is 0 Å². The second-order valence-electron chi connectivity index (χ2n) is 3.03. The maximum Gasteiger partial charge on any atom is 0.405 e. The van der Waals surface area contributed by atoms with Gasteiger partial charge in [0.2, 0.25) is 0 Å². The molecule has 0 saturated heterocycles. The van der Waals surface area contributed by atoms with Gasteiger partial charge >= 0.3 is 6.09 Å². The summed E-state index contributed by atoms with van der Waals surface area (Å²) in [5.74, 6) is 0. The number of amides is 1. The van der Waals surface area contributed by atoms with E-state index < -0.39 is 18.8 Å². The number of hydrogen-bond acceptors (Lipinski definition) is 1. The average molecular weight is 276 g/mol. The van der Waals surface area contributed by atoms with Crippen LogP contribution in [0.25, 0.3) is 0 Å². The summed E-state index contributed by atoms with van der Waals surface area (Å²) in [5.41, 5.74) is 0.754. The van der Waals surface area contributed by atoms with Gasteiger partial charge in [-0.15, -0.1) is 0 Å². The number of hydrogen-bond donors (Lipinski definition) is 2. The van der Waals surface area contributed by atoms with E-state index in [1.54, 1.807) is 18.2 Å². The van der Waals surface area contributed by atoms with Gasteiger partial charge in [-0.3, -0.25) is 4.39 Å². The van der Waals surface area contributed by atoms with Crippen LogP contribution in [-0.2, 0) is 0 Å². The fourth-order valence-corrected chi connectivity index (χ4v) is 1.72. The zero-order valence-electron chi connectivity index (χ0n) is 7.91. The molecule has 1 aromatic rings. The zero-order valence-corrected chi connectivity index (χ0v) is 9.50. The van der Waals surface area contributed by atoms with Crippen molar-refractivity contribution in [1.29, 1.82) is 0 Å². The fourth-order valence-electron chi connectivity index (χ4n) is 1.30. The van der Waals surface area contributed by atoms with Gasteiger partial charge in [-0.1, -0.05) is 28.1 Å². The van der Waals surface area contributed by atoms with E-state index in [2.05, 4.69) is 21.2 Å². The highest BCUT2D eigenvalue weighted by Gasteiger charge is 2.13. The van der Waals surface area contributed by atoms with Crippen molar-refractivity contribution in [3.63, 3.8) is 0 Å². The summed E-state index contributed by atoms with van der Waals surface area (Å²) in [5, 5.41) is 10.9. The lowest BCUT2D eigenvalue weighted by Gasteiger charge is -2.15. The van der Waals surface area contributed by atoms with Crippen molar-refractivity contribution in [2.24, 2.45) is 0 Å². The Morgan fingerprint density at radius 2 is 2.33 bits per heavy atom. The van der Waals surface area contributed by atoms with Crippen LogP contribution in [-0.4, -0.2) is 17.9 Å². The average Bonchev–Trinajstić information content (AvgIpc) is 2.16. The number of carbonyl (C=O) groups is 1. The lowest BCUT2D eigenvalue weighted by molar-refractivity contribution is 0.188. The molecule has 0 aliphatic carbocycles. The van der Waals surface area contributed by atoms with Crippen LogP contribution < -0.4 is 5.32 Å². The van der Waals surface area contributed by atoms with E-state index in [1.165, 1.54) is 0 Å². The minimum atomic E-state index is -1.14. The van der Waals surface area contributed by atoms with Crippen LogP contribution in [0.1, 0.15) is 18.0 Å². The Balaban J connectivity index is 2.83. The smallest absolute Gasteiger partial charge is 0.405 e. The van der Waals surface area contributed by atoms with Gasteiger partial charge in [0.25, 0.3) is 0 Å². The minimum Gasteiger partial charge on any atom is -0.465 e. The highest BCUT2D eigenvalue weighted by molar-refractivity contribution is 9.10. The Kier molecular flexibility index (Phi) is 4.55. The van der Waals surface area contributed by atoms with Crippen molar-refractivity contribution in [2.45, 2.75) is 12.5 Å². The monoisotopic (exact) mass is 275 g/mol. The first-order valence-electron chi connectivity index (χ1n) is 4.44. The number of benzene rings is 1. The third-order valence-corrected chi connectivity index (χ3v) is 2.44. The van der Waals surface area contributed by atoms with Crippen LogP contribution in [0.3, 0.4) is 0 Å². The second-order valence-corrected chi connectivity index (χ2v) is 3.95. The van der Waals surface area contributed by atoms with Crippen molar-refractivity contribution in [1.82, 2.24) is 5.32 Å². The summed E-state index contributed by atoms with van der Waals surface area (Å²) in [7, 11) is 0. The summed E-state index contributed by atoms with van der Waals surface area (Å²) >= 11 is 3.28. The van der Waals surface area contributed by atoms with Gasteiger partial charge < -0.3 is 10.4 Å². The molecule has 0 fully saturated rings. The second kappa shape index (κ2) is 5.70. The molecule has 2 N–H and O–H groups in total. The molecule has 0 aliphatic heterocycles. The van der Waals surface area contributed by atoms with Crippen LogP contribution >= 0.6 is 15.9 Å². The van der Waals surface area contributed by atoms with Gasteiger partial charge in [0.05, 0.1) is 12.7 Å². The Bertz CT molecular complexity index is 346. The van der Waals surface area contributed by atoms with Crippen molar-refractivity contribution < 1.29 is 14.3 Å². The molecule has 0 bridgehead atoms. The maximum absolute atomic E-state index is 12.2. The summed E-state index contributed by atoms with van der Waals surface area (Å²) in [4.78, 5) is 10.5. The molecule has 1 aromatic carbocycles. The first kappa shape index (κ1) is 12.0. The zero-order chi connectivity index (χ0) is 11.3. The van der Waals surface area contributed by atoms with Gasteiger partial charge in [0.15, 0.2) is 0 Å². The minimum absolute atomic E-state index is 0.142. The third kappa shape index (κ3) is 3.87. The van der Waals surface area contributed by atoms with Crippen LogP contribution in [0.15, 0.2) is 28.7 Å². The Morgan fingerprint density at radius 3 is 2.87 bits per heavy atom. The molecular formula is C10H11BrFNO2. The van der Waals surface area contributed by atoms with Crippen molar-refractivity contribution in [2.75, 3.05) is 6.67 Å². The van der Waals surface area contributed by atoms with Gasteiger partial charge in [0, 0.05) is 10.9 Å². The highest BCUT2D eigenvalue weighted by atomic mass is 79.9. The number of nitrogens with one attached hydrogen (secondary N) is 1. The Labute approximate surface area is 95.4 Å². The quantitative estimate of drug-likeness (QED) is 0.887. The maximum atomic E-state index is 12.2. The molecule has 0 heterocycles. The molecule has 0 radical (unpaired) electrons.